The molecule has 0 spiro atoms. The number of benzene rings is 7. The van der Waals surface area contributed by atoms with Gasteiger partial charge in [0.25, 0.3) is 0 Å². The molecule has 0 aliphatic heterocycles. The zero-order valence-electron chi connectivity index (χ0n) is 28.5. The summed E-state index contributed by atoms with van der Waals surface area (Å²) in [5, 5.41) is 7.99. The van der Waals surface area contributed by atoms with Gasteiger partial charge in [0.2, 0.25) is 5.96 Å². The van der Waals surface area contributed by atoms with Crippen LogP contribution in [-0.4, -0.2) is 35.0 Å². The molecule has 0 amide bonds. The number of aromatic nitrogens is 2. The fourth-order valence-electron chi connectivity index (χ4n) is 7.51. The highest BCUT2D eigenvalue weighted by Gasteiger charge is 2.24. The van der Waals surface area contributed by atoms with Gasteiger partial charge in [0.05, 0.1) is 27.8 Å². The molecule has 5 nitrogen and oxygen atoms in total. The van der Waals surface area contributed by atoms with Crippen molar-refractivity contribution in [3.8, 4) is 27.9 Å². The second kappa shape index (κ2) is 12.6. The summed E-state index contributed by atoms with van der Waals surface area (Å²) < 4.78 is 4.69. The van der Waals surface area contributed by atoms with Crippen molar-refractivity contribution >= 4 is 55.4 Å². The Balaban J connectivity index is 1.43. The summed E-state index contributed by atoms with van der Waals surface area (Å²) in [6.07, 6.45) is 0. The highest BCUT2D eigenvalue weighted by Crippen LogP contribution is 2.43. The number of fused-ring (bicyclic) bond motifs is 7. The first-order chi connectivity index (χ1) is 25.2. The zero-order chi connectivity index (χ0) is 34.3. The zero-order valence-corrected chi connectivity index (χ0v) is 28.5. The summed E-state index contributed by atoms with van der Waals surface area (Å²) in [6, 6.07) is 60.2. The van der Waals surface area contributed by atoms with E-state index in [1.54, 1.807) is 0 Å². The van der Waals surface area contributed by atoms with E-state index in [1.165, 1.54) is 21.9 Å². The van der Waals surface area contributed by atoms with Crippen molar-refractivity contribution in [1.82, 2.24) is 14.5 Å². The van der Waals surface area contributed by atoms with Crippen molar-refractivity contribution in [2.45, 2.75) is 0 Å². The van der Waals surface area contributed by atoms with Crippen LogP contribution in [0.1, 0.15) is 5.56 Å². The van der Waals surface area contributed by atoms with Gasteiger partial charge in [0.15, 0.2) is 0 Å². The fourth-order valence-corrected chi connectivity index (χ4v) is 7.51. The van der Waals surface area contributed by atoms with Crippen molar-refractivity contribution in [3.05, 3.63) is 175 Å². The van der Waals surface area contributed by atoms with E-state index < -0.39 is 0 Å². The Kier molecular flexibility index (Phi) is 7.51. The van der Waals surface area contributed by atoms with Gasteiger partial charge in [-0.2, -0.15) is 4.99 Å². The number of hydrogen-bond acceptors (Lipinski definition) is 1. The lowest BCUT2D eigenvalue weighted by Gasteiger charge is -2.17. The van der Waals surface area contributed by atoms with E-state index in [1.807, 2.05) is 32.3 Å². The molecule has 0 aliphatic carbocycles. The van der Waals surface area contributed by atoms with E-state index in [-0.39, 0.29) is 0 Å². The highest BCUT2D eigenvalue weighted by atomic mass is 15.2. The molecule has 0 unspecified atom stereocenters. The maximum absolute atomic E-state index is 5.21. The molecule has 0 saturated heterocycles. The largest absolute Gasteiger partial charge is 0.373 e. The lowest BCUT2D eigenvalue weighted by atomic mass is 9.97. The predicted octanol–water partition coefficient (Wildman–Crippen LogP) is 10.7. The Hall–Kier alpha value is -6.72. The molecule has 0 bridgehead atoms. The molecule has 0 atom stereocenters. The van der Waals surface area contributed by atoms with E-state index in [4.69, 9.17) is 9.98 Å². The van der Waals surface area contributed by atoms with E-state index >= 15 is 0 Å². The minimum atomic E-state index is 0.599. The number of para-hydroxylation sites is 2. The Labute approximate surface area is 296 Å². The third kappa shape index (κ3) is 5.01. The van der Waals surface area contributed by atoms with Crippen LogP contribution >= 0.6 is 0 Å². The SMILES string of the molecule is CN=C(N=C(NC)c1ccccc1)n1c2ccccc2c2ccc3c4ccccc4n(-c4ccc(-c5ccccc5)cc4-c4ccccc4)c3c21. The molecule has 0 fully saturated rings. The summed E-state index contributed by atoms with van der Waals surface area (Å²) in [5.74, 6) is 1.35. The van der Waals surface area contributed by atoms with Gasteiger partial charge in [-0.15, -0.1) is 0 Å². The minimum absolute atomic E-state index is 0.599. The third-order valence-corrected chi connectivity index (χ3v) is 9.79. The average Bonchev–Trinajstić information content (AvgIpc) is 3.72. The first kappa shape index (κ1) is 30.3. The van der Waals surface area contributed by atoms with Gasteiger partial charge in [-0.05, 0) is 41.0 Å². The molecule has 0 saturated carbocycles. The van der Waals surface area contributed by atoms with E-state index in [2.05, 4.69) is 166 Å². The van der Waals surface area contributed by atoms with E-state index in [0.717, 1.165) is 61.1 Å². The molecule has 1 N–H and O–H groups in total. The minimum Gasteiger partial charge on any atom is -0.373 e. The third-order valence-electron chi connectivity index (χ3n) is 9.79. The molecule has 5 heteroatoms. The smallest absolute Gasteiger partial charge is 0.231 e. The van der Waals surface area contributed by atoms with Crippen molar-refractivity contribution < 1.29 is 0 Å². The molecular formula is C46H35N5. The Morgan fingerprint density at radius 3 is 1.75 bits per heavy atom. The van der Waals surface area contributed by atoms with Crippen LogP contribution in [0, 0.1) is 0 Å². The molecule has 7 aromatic carbocycles. The Morgan fingerprint density at radius 1 is 0.510 bits per heavy atom. The number of nitrogens with zero attached hydrogens (tertiary/aromatic N) is 4. The Morgan fingerprint density at radius 2 is 1.08 bits per heavy atom. The number of rotatable bonds is 4. The second-order valence-electron chi connectivity index (χ2n) is 12.6. The van der Waals surface area contributed by atoms with Crippen molar-refractivity contribution in [3.63, 3.8) is 0 Å². The van der Waals surface area contributed by atoms with Gasteiger partial charge in [0, 0.05) is 46.8 Å². The maximum atomic E-state index is 5.21. The van der Waals surface area contributed by atoms with E-state index in [9.17, 15) is 0 Å². The monoisotopic (exact) mass is 657 g/mol. The number of nitrogens with one attached hydrogen (secondary N) is 1. The summed E-state index contributed by atoms with van der Waals surface area (Å²) in [7, 11) is 3.73. The van der Waals surface area contributed by atoms with Crippen LogP contribution in [-0.2, 0) is 0 Å². The van der Waals surface area contributed by atoms with Crippen molar-refractivity contribution in [1.29, 1.82) is 0 Å². The summed E-state index contributed by atoms with van der Waals surface area (Å²) in [4.78, 5) is 10.1. The highest BCUT2D eigenvalue weighted by molar-refractivity contribution is 6.26. The lowest BCUT2D eigenvalue weighted by Crippen LogP contribution is -2.23. The van der Waals surface area contributed by atoms with Gasteiger partial charge in [-0.25, -0.2) is 0 Å². The van der Waals surface area contributed by atoms with Crippen LogP contribution < -0.4 is 5.32 Å². The fraction of sp³-hybridized carbons (Fsp3) is 0.0435. The molecule has 0 aliphatic rings. The molecule has 2 heterocycles. The van der Waals surface area contributed by atoms with Gasteiger partial charge >= 0.3 is 0 Å². The standard InChI is InChI=1S/C46H35N5/c1-47-45(33-20-10-5-11-21-33)49-46(48-2)51-41-25-15-13-23-36(41)38-28-27-37-35-22-12-14-24-40(35)50(43(37)44(38)51)42-29-26-34(31-16-6-3-7-17-31)30-39(42)32-18-8-4-9-19-32/h3-30H,1-2H3,(H,47,48,49). The van der Waals surface area contributed by atoms with Gasteiger partial charge in [0.1, 0.15) is 5.84 Å². The van der Waals surface area contributed by atoms with Crippen molar-refractivity contribution in [2.24, 2.45) is 9.98 Å². The first-order valence-corrected chi connectivity index (χ1v) is 17.2. The van der Waals surface area contributed by atoms with Crippen LogP contribution in [0.4, 0.5) is 0 Å². The van der Waals surface area contributed by atoms with Gasteiger partial charge in [-0.1, -0.05) is 146 Å². The molecule has 9 rings (SSSR count). The number of aliphatic imine (C=N–C) groups is 2. The van der Waals surface area contributed by atoms with Crippen LogP contribution in [0.25, 0.3) is 71.6 Å². The summed E-state index contributed by atoms with van der Waals surface area (Å²) in [5.41, 5.74) is 11.1. The maximum Gasteiger partial charge on any atom is 0.231 e. The molecular weight excluding hydrogens is 623 g/mol. The van der Waals surface area contributed by atoms with Crippen LogP contribution in [0.5, 0.6) is 0 Å². The van der Waals surface area contributed by atoms with Crippen LogP contribution in [0.15, 0.2) is 180 Å². The molecule has 2 aromatic heterocycles. The predicted molar refractivity (Wildman–Crippen MR) is 215 cm³/mol. The Bertz CT molecular complexity index is 2770. The molecule has 0 radical (unpaired) electrons. The topological polar surface area (TPSA) is 46.6 Å². The van der Waals surface area contributed by atoms with E-state index in [0.29, 0.717) is 5.96 Å². The number of amidine groups is 1. The molecule has 9 aromatic rings. The molecule has 244 valence electrons. The quantitative estimate of drug-likeness (QED) is 0.149. The number of hydrogen-bond donors (Lipinski definition) is 1. The lowest BCUT2D eigenvalue weighted by molar-refractivity contribution is 1.13. The first-order valence-electron chi connectivity index (χ1n) is 17.2. The van der Waals surface area contributed by atoms with Crippen molar-refractivity contribution in [2.75, 3.05) is 14.1 Å². The van der Waals surface area contributed by atoms with Crippen LogP contribution in [0.3, 0.4) is 0 Å². The average molecular weight is 658 g/mol. The normalized spacial score (nSPS) is 12.4. The van der Waals surface area contributed by atoms with Gasteiger partial charge in [-0.3, -0.25) is 9.56 Å². The second-order valence-corrected chi connectivity index (χ2v) is 12.6. The van der Waals surface area contributed by atoms with Gasteiger partial charge < -0.3 is 9.88 Å². The molecule has 51 heavy (non-hydrogen) atoms. The van der Waals surface area contributed by atoms with Crippen LogP contribution in [0.2, 0.25) is 0 Å². The summed E-state index contributed by atoms with van der Waals surface area (Å²) >= 11 is 0. The summed E-state index contributed by atoms with van der Waals surface area (Å²) in [6.45, 7) is 0.